The summed E-state index contributed by atoms with van der Waals surface area (Å²) in [5.41, 5.74) is 2.96. The minimum absolute atomic E-state index is 0.0331. The summed E-state index contributed by atoms with van der Waals surface area (Å²) in [5, 5.41) is 2.79. The molecule has 1 aromatic carbocycles. The lowest BCUT2D eigenvalue weighted by Crippen LogP contribution is -2.36. The Morgan fingerprint density at radius 1 is 1.22 bits per heavy atom. The summed E-state index contributed by atoms with van der Waals surface area (Å²) in [4.78, 5) is 19.0. The molecule has 3 nitrogen and oxygen atoms in total. The zero-order chi connectivity index (χ0) is 16.6. The monoisotopic (exact) mass is 328 g/mol. The Hall–Kier alpha value is -1.68. The SMILES string of the molecule is CC(C)c1ccc(-c2nc(C(=O)N(C)C(C)C3CC3)cs2)cc1. The minimum Gasteiger partial charge on any atom is -0.337 e. The number of carbonyl (C=O) groups is 1. The number of nitrogens with zero attached hydrogens (tertiary/aromatic N) is 2. The van der Waals surface area contributed by atoms with E-state index in [9.17, 15) is 4.79 Å². The highest BCUT2D eigenvalue weighted by molar-refractivity contribution is 7.13. The van der Waals surface area contributed by atoms with Crippen LogP contribution in [0.15, 0.2) is 29.6 Å². The van der Waals surface area contributed by atoms with Crippen molar-refractivity contribution in [3.63, 3.8) is 0 Å². The second kappa shape index (κ2) is 6.44. The molecule has 1 aliphatic rings. The summed E-state index contributed by atoms with van der Waals surface area (Å²) in [7, 11) is 1.89. The third kappa shape index (κ3) is 3.47. The second-order valence-electron chi connectivity index (χ2n) is 6.81. The first-order chi connectivity index (χ1) is 11.0. The van der Waals surface area contributed by atoms with Crippen molar-refractivity contribution in [3.05, 3.63) is 40.9 Å². The Morgan fingerprint density at radius 2 is 1.87 bits per heavy atom. The van der Waals surface area contributed by atoms with Crippen molar-refractivity contribution in [2.75, 3.05) is 7.05 Å². The summed E-state index contributed by atoms with van der Waals surface area (Å²) in [6.45, 7) is 6.51. The van der Waals surface area contributed by atoms with Crippen molar-refractivity contribution < 1.29 is 4.79 Å². The molecule has 0 saturated heterocycles. The van der Waals surface area contributed by atoms with Gasteiger partial charge in [0, 0.05) is 24.0 Å². The first-order valence-corrected chi connectivity index (χ1v) is 9.18. The van der Waals surface area contributed by atoms with E-state index < -0.39 is 0 Å². The lowest BCUT2D eigenvalue weighted by atomic mass is 10.0. The van der Waals surface area contributed by atoms with Crippen LogP contribution in [0.1, 0.15) is 55.6 Å². The molecule has 1 atom stereocenters. The lowest BCUT2D eigenvalue weighted by molar-refractivity contribution is 0.0722. The Kier molecular flexibility index (Phi) is 4.53. The molecule has 4 heteroatoms. The number of aromatic nitrogens is 1. The van der Waals surface area contributed by atoms with Crippen LogP contribution < -0.4 is 0 Å². The number of amides is 1. The van der Waals surface area contributed by atoms with Gasteiger partial charge in [-0.3, -0.25) is 4.79 Å². The fraction of sp³-hybridized carbons (Fsp3) is 0.474. The van der Waals surface area contributed by atoms with Gasteiger partial charge >= 0.3 is 0 Å². The number of hydrogen-bond acceptors (Lipinski definition) is 3. The molecule has 122 valence electrons. The molecule has 1 unspecified atom stereocenters. The Bertz CT molecular complexity index is 686. The molecule has 1 heterocycles. The Balaban J connectivity index is 1.75. The van der Waals surface area contributed by atoms with E-state index in [1.807, 2.05) is 17.3 Å². The van der Waals surface area contributed by atoms with Crippen LogP contribution in [0.25, 0.3) is 10.6 Å². The fourth-order valence-corrected chi connectivity index (χ4v) is 3.58. The van der Waals surface area contributed by atoms with Gasteiger partial charge in [-0.15, -0.1) is 11.3 Å². The van der Waals surface area contributed by atoms with Crippen LogP contribution in [0.4, 0.5) is 0 Å². The van der Waals surface area contributed by atoms with Gasteiger partial charge in [0.15, 0.2) is 0 Å². The number of rotatable bonds is 5. The van der Waals surface area contributed by atoms with Crippen molar-refractivity contribution >= 4 is 17.2 Å². The molecule has 0 bridgehead atoms. The van der Waals surface area contributed by atoms with Crippen LogP contribution in [0.5, 0.6) is 0 Å². The predicted molar refractivity (Wildman–Crippen MR) is 95.9 cm³/mol. The summed E-state index contributed by atoms with van der Waals surface area (Å²) in [6, 6.07) is 8.78. The number of hydrogen-bond donors (Lipinski definition) is 0. The number of thiazole rings is 1. The second-order valence-corrected chi connectivity index (χ2v) is 7.67. The van der Waals surface area contributed by atoms with Gasteiger partial charge in [-0.2, -0.15) is 0 Å². The average molecular weight is 328 g/mol. The van der Waals surface area contributed by atoms with E-state index >= 15 is 0 Å². The van der Waals surface area contributed by atoms with Crippen LogP contribution in [-0.4, -0.2) is 28.9 Å². The molecular weight excluding hydrogens is 304 g/mol. The van der Waals surface area contributed by atoms with Crippen molar-refractivity contribution in [3.8, 4) is 10.6 Å². The van der Waals surface area contributed by atoms with E-state index in [4.69, 9.17) is 0 Å². The van der Waals surface area contributed by atoms with Gasteiger partial charge in [0.2, 0.25) is 0 Å². The van der Waals surface area contributed by atoms with Gasteiger partial charge in [-0.25, -0.2) is 4.98 Å². The molecule has 0 radical (unpaired) electrons. The van der Waals surface area contributed by atoms with Crippen molar-refractivity contribution in [2.45, 2.75) is 45.6 Å². The maximum Gasteiger partial charge on any atom is 0.273 e. The molecule has 1 aliphatic carbocycles. The molecule has 1 amide bonds. The highest BCUT2D eigenvalue weighted by Crippen LogP contribution is 2.35. The van der Waals surface area contributed by atoms with Crippen LogP contribution in [0.2, 0.25) is 0 Å². The zero-order valence-corrected chi connectivity index (χ0v) is 15.1. The topological polar surface area (TPSA) is 33.2 Å². The van der Waals surface area contributed by atoms with Gasteiger partial charge in [0.1, 0.15) is 10.7 Å². The first-order valence-electron chi connectivity index (χ1n) is 8.30. The third-order valence-corrected chi connectivity index (χ3v) is 5.67. The van der Waals surface area contributed by atoms with Crippen molar-refractivity contribution in [1.29, 1.82) is 0 Å². The molecule has 0 spiro atoms. The molecule has 3 rings (SSSR count). The summed E-state index contributed by atoms with van der Waals surface area (Å²) in [6.07, 6.45) is 2.48. The summed E-state index contributed by atoms with van der Waals surface area (Å²) in [5.74, 6) is 1.23. The molecule has 0 aliphatic heterocycles. The van der Waals surface area contributed by atoms with Gasteiger partial charge in [-0.1, -0.05) is 38.1 Å². The molecule has 1 fully saturated rings. The molecule has 2 aromatic rings. The van der Waals surface area contributed by atoms with Crippen LogP contribution in [-0.2, 0) is 0 Å². The van der Waals surface area contributed by atoms with Gasteiger partial charge in [-0.05, 0) is 37.2 Å². The quantitative estimate of drug-likeness (QED) is 0.789. The first kappa shape index (κ1) is 16.2. The molecule has 0 N–H and O–H groups in total. The smallest absolute Gasteiger partial charge is 0.273 e. The van der Waals surface area contributed by atoms with E-state index in [-0.39, 0.29) is 5.91 Å². The summed E-state index contributed by atoms with van der Waals surface area (Å²) >= 11 is 1.54. The molecular formula is C19H24N2OS. The maximum atomic E-state index is 12.6. The molecule has 1 aromatic heterocycles. The van der Waals surface area contributed by atoms with Crippen LogP contribution >= 0.6 is 11.3 Å². The van der Waals surface area contributed by atoms with E-state index in [0.29, 0.717) is 23.6 Å². The van der Waals surface area contributed by atoms with Crippen LogP contribution in [0.3, 0.4) is 0 Å². The summed E-state index contributed by atoms with van der Waals surface area (Å²) < 4.78 is 0. The van der Waals surface area contributed by atoms with E-state index in [0.717, 1.165) is 10.6 Å². The fourth-order valence-electron chi connectivity index (χ4n) is 2.78. The zero-order valence-electron chi connectivity index (χ0n) is 14.2. The van der Waals surface area contributed by atoms with Gasteiger partial charge < -0.3 is 4.90 Å². The van der Waals surface area contributed by atoms with E-state index in [1.54, 1.807) is 0 Å². The van der Waals surface area contributed by atoms with E-state index in [2.05, 4.69) is 50.0 Å². The number of benzene rings is 1. The van der Waals surface area contributed by atoms with Crippen molar-refractivity contribution in [2.24, 2.45) is 5.92 Å². The van der Waals surface area contributed by atoms with E-state index in [1.165, 1.54) is 29.7 Å². The lowest BCUT2D eigenvalue weighted by Gasteiger charge is -2.23. The standard InChI is InChI=1S/C19H24N2OS/c1-12(2)14-5-9-16(10-6-14)18-20-17(11-23-18)19(22)21(4)13(3)15-7-8-15/h5-6,9-13,15H,7-8H2,1-4H3. The van der Waals surface area contributed by atoms with Crippen LogP contribution in [0, 0.1) is 5.92 Å². The Labute approximate surface area is 142 Å². The normalized spacial score (nSPS) is 15.7. The predicted octanol–water partition coefficient (Wildman–Crippen LogP) is 4.80. The van der Waals surface area contributed by atoms with Crippen molar-refractivity contribution in [1.82, 2.24) is 9.88 Å². The molecule has 1 saturated carbocycles. The average Bonchev–Trinajstić information content (AvgIpc) is 3.29. The minimum atomic E-state index is 0.0331. The highest BCUT2D eigenvalue weighted by Gasteiger charge is 2.33. The maximum absolute atomic E-state index is 12.6. The largest absolute Gasteiger partial charge is 0.337 e. The number of carbonyl (C=O) groups excluding carboxylic acids is 1. The highest BCUT2D eigenvalue weighted by atomic mass is 32.1. The third-order valence-electron chi connectivity index (χ3n) is 4.78. The molecule has 23 heavy (non-hydrogen) atoms. The van der Waals surface area contributed by atoms with Gasteiger partial charge in [0.25, 0.3) is 5.91 Å². The van der Waals surface area contributed by atoms with Gasteiger partial charge in [0.05, 0.1) is 0 Å². The Morgan fingerprint density at radius 3 is 2.43 bits per heavy atom.